The quantitative estimate of drug-likeness (QED) is 0.0696. The lowest BCUT2D eigenvalue weighted by Crippen LogP contribution is -2.57. The number of aryl methyl sites for hydroxylation is 1. The second-order valence-electron chi connectivity index (χ2n) is 21.2. The highest BCUT2D eigenvalue weighted by atomic mass is 32.1. The second-order valence-corrected chi connectivity index (χ2v) is 22.2. The number of aromatic carboxylic acids is 1. The molecule has 388 valence electrons. The normalized spacial score (nSPS) is 21.3. The Hall–Kier alpha value is -7.17. The van der Waals surface area contributed by atoms with E-state index < -0.39 is 11.9 Å². The van der Waals surface area contributed by atoms with Crippen molar-refractivity contribution in [2.24, 2.45) is 13.0 Å². The first-order valence-electron chi connectivity index (χ1n) is 26.7. The molecule has 4 aromatic carbocycles. The highest BCUT2D eigenvalue weighted by Gasteiger charge is 2.34. The number of carbonyl (C=O) groups excluding carboxylic acids is 3. The molecule has 11 rings (SSSR count). The number of thiazole rings is 1. The van der Waals surface area contributed by atoms with Gasteiger partial charge < -0.3 is 19.6 Å². The van der Waals surface area contributed by atoms with Crippen LogP contribution < -0.4 is 25.2 Å². The summed E-state index contributed by atoms with van der Waals surface area (Å²) < 4.78 is 9.58. The number of para-hydroxylation sites is 1. The van der Waals surface area contributed by atoms with Gasteiger partial charge in [0.1, 0.15) is 11.6 Å². The fourth-order valence-corrected chi connectivity index (χ4v) is 13.1. The maximum atomic E-state index is 13.7. The van der Waals surface area contributed by atoms with Gasteiger partial charge in [0.2, 0.25) is 11.8 Å². The van der Waals surface area contributed by atoms with Gasteiger partial charge >= 0.3 is 5.97 Å². The Kier molecular flexibility index (Phi) is 14.1. The number of hydrogen-bond donors (Lipinski definition) is 3. The molecule has 4 aliphatic rings. The van der Waals surface area contributed by atoms with Crippen molar-refractivity contribution in [3.8, 4) is 16.9 Å². The zero-order chi connectivity index (χ0) is 51.9. The Morgan fingerprint density at radius 3 is 2.44 bits per heavy atom. The smallest absolute Gasteiger partial charge is 0.355 e. The standard InChI is InChI=1S/C59H65N9O6S/c1-35-32-67(40-20-23-45-49(31-40)65(4)64-54(45)46-25-27-53(69)62-57(46)71)33-36(2)68(35)29-8-7-11-38-18-21-41(22-19-38)74-50-16-10-13-42(37(50)3)43-24-26-52(61-55(43)58(72)73)66-30-28-39-12-9-14-44(47(39)34-66)56(70)63-59-60-48-15-5-6-17-51(48)75-59/h5-6,9-10,12-17,20,23-24,26,31,35-36,38,41,46H,7-8,11,18-19,21-22,25,27-30,32-34H2,1-4H3,(H,72,73)(H,60,63,70)(H,62,69,71)/t35-,36+,38-,41-,46?. The Bertz CT molecular complexity index is 3280. The van der Waals surface area contributed by atoms with Crippen LogP contribution >= 0.6 is 11.3 Å². The number of aromatic nitrogens is 4. The average molecular weight is 1030 g/mol. The van der Waals surface area contributed by atoms with E-state index in [9.17, 15) is 24.3 Å². The van der Waals surface area contributed by atoms with E-state index in [1.165, 1.54) is 36.3 Å². The van der Waals surface area contributed by atoms with Crippen molar-refractivity contribution in [1.29, 1.82) is 0 Å². The summed E-state index contributed by atoms with van der Waals surface area (Å²) >= 11 is 1.44. The van der Waals surface area contributed by atoms with Crippen LogP contribution in [0.5, 0.6) is 5.75 Å². The third kappa shape index (κ3) is 10.3. The van der Waals surface area contributed by atoms with Gasteiger partial charge in [-0.05, 0) is 155 Å². The highest BCUT2D eigenvalue weighted by Crippen LogP contribution is 2.38. The minimum Gasteiger partial charge on any atom is -0.490 e. The van der Waals surface area contributed by atoms with Gasteiger partial charge in [0.15, 0.2) is 10.8 Å². The Labute approximate surface area is 441 Å². The van der Waals surface area contributed by atoms with Gasteiger partial charge in [0, 0.05) is 73.9 Å². The summed E-state index contributed by atoms with van der Waals surface area (Å²) in [6, 6.07) is 30.5. The molecule has 1 aliphatic carbocycles. The molecule has 3 atom stereocenters. The van der Waals surface area contributed by atoms with Crippen molar-refractivity contribution in [2.75, 3.05) is 41.3 Å². The van der Waals surface area contributed by atoms with Crippen molar-refractivity contribution < 1.29 is 29.0 Å². The van der Waals surface area contributed by atoms with Crippen LogP contribution in [0.1, 0.15) is 121 Å². The van der Waals surface area contributed by atoms with E-state index in [-0.39, 0.29) is 29.5 Å². The summed E-state index contributed by atoms with van der Waals surface area (Å²) in [4.78, 5) is 67.6. The van der Waals surface area contributed by atoms with Crippen LogP contribution in [0.4, 0.5) is 16.6 Å². The molecule has 7 aromatic rings. The van der Waals surface area contributed by atoms with E-state index in [0.29, 0.717) is 72.4 Å². The van der Waals surface area contributed by atoms with Crippen LogP contribution in [-0.4, -0.2) is 97.8 Å². The number of benzene rings is 4. The molecule has 16 heteroatoms. The lowest BCUT2D eigenvalue weighted by Gasteiger charge is -2.45. The fraction of sp³-hybridized carbons (Fsp3) is 0.407. The van der Waals surface area contributed by atoms with Crippen LogP contribution in [0, 0.1) is 12.8 Å². The number of unbranched alkanes of at least 4 members (excludes halogenated alkanes) is 1. The topological polar surface area (TPSA) is 175 Å². The van der Waals surface area contributed by atoms with Crippen LogP contribution in [0.3, 0.4) is 0 Å². The van der Waals surface area contributed by atoms with Crippen LogP contribution in [0.2, 0.25) is 0 Å². The van der Waals surface area contributed by atoms with Crippen LogP contribution in [0.25, 0.3) is 32.2 Å². The van der Waals surface area contributed by atoms with E-state index >= 15 is 0 Å². The van der Waals surface area contributed by atoms with Gasteiger partial charge in [0.25, 0.3) is 5.91 Å². The number of pyridine rings is 1. The third-order valence-electron chi connectivity index (χ3n) is 16.3. The molecular weight excluding hydrogens is 963 g/mol. The number of nitrogens with zero attached hydrogens (tertiary/aromatic N) is 7. The van der Waals surface area contributed by atoms with Gasteiger partial charge in [-0.2, -0.15) is 5.10 Å². The summed E-state index contributed by atoms with van der Waals surface area (Å²) in [6.45, 7) is 10.7. The number of carboxylic acids is 1. The van der Waals surface area contributed by atoms with E-state index in [2.05, 4.69) is 68.4 Å². The van der Waals surface area contributed by atoms with Gasteiger partial charge in [0.05, 0.1) is 33.4 Å². The molecule has 3 N–H and O–H groups in total. The zero-order valence-electron chi connectivity index (χ0n) is 43.2. The van der Waals surface area contributed by atoms with Crippen molar-refractivity contribution >= 4 is 72.8 Å². The molecule has 0 bridgehead atoms. The first-order chi connectivity index (χ1) is 36.3. The van der Waals surface area contributed by atoms with Gasteiger partial charge in [-0.3, -0.25) is 34.6 Å². The molecule has 0 spiro atoms. The number of amides is 3. The average Bonchev–Trinajstić information content (AvgIpc) is 3.98. The number of carbonyl (C=O) groups is 4. The van der Waals surface area contributed by atoms with Gasteiger partial charge in [-0.15, -0.1) is 0 Å². The lowest BCUT2D eigenvalue weighted by atomic mass is 9.84. The predicted molar refractivity (Wildman–Crippen MR) is 294 cm³/mol. The maximum absolute atomic E-state index is 13.7. The number of piperidine rings is 1. The number of carboxylic acid groups (broad SMARTS) is 1. The number of imide groups is 1. The maximum Gasteiger partial charge on any atom is 0.355 e. The van der Waals surface area contributed by atoms with Crippen molar-refractivity contribution in [3.05, 3.63) is 125 Å². The molecule has 15 nitrogen and oxygen atoms in total. The number of nitrogens with one attached hydrogen (secondary N) is 2. The summed E-state index contributed by atoms with van der Waals surface area (Å²) in [7, 11) is 1.93. The molecule has 3 aromatic heterocycles. The molecular formula is C59H65N9O6S. The Morgan fingerprint density at radius 1 is 0.853 bits per heavy atom. The number of rotatable bonds is 14. The zero-order valence-corrected chi connectivity index (χ0v) is 44.0. The molecule has 1 unspecified atom stereocenters. The predicted octanol–water partition coefficient (Wildman–Crippen LogP) is 10.3. The summed E-state index contributed by atoms with van der Waals surface area (Å²) in [5, 5.41) is 22.3. The van der Waals surface area contributed by atoms with Crippen LogP contribution in [0.15, 0.2) is 91.0 Å². The third-order valence-corrected chi connectivity index (χ3v) is 17.2. The molecule has 3 amide bonds. The van der Waals surface area contributed by atoms with Gasteiger partial charge in [-0.1, -0.05) is 60.6 Å². The minimum absolute atomic E-state index is 0.0179. The number of fused-ring (bicyclic) bond motifs is 3. The minimum atomic E-state index is -1.10. The van der Waals surface area contributed by atoms with Gasteiger partial charge in [-0.25, -0.2) is 14.8 Å². The summed E-state index contributed by atoms with van der Waals surface area (Å²) in [5.41, 5.74) is 8.51. The first kappa shape index (κ1) is 50.0. The highest BCUT2D eigenvalue weighted by molar-refractivity contribution is 7.22. The molecule has 3 aliphatic heterocycles. The van der Waals surface area contributed by atoms with E-state index in [0.717, 1.165) is 100 Å². The lowest BCUT2D eigenvalue weighted by molar-refractivity contribution is -0.134. The van der Waals surface area contributed by atoms with E-state index in [1.807, 2.05) is 85.4 Å². The van der Waals surface area contributed by atoms with Crippen molar-refractivity contribution in [2.45, 2.75) is 116 Å². The number of anilines is 3. The van der Waals surface area contributed by atoms with Crippen LogP contribution in [-0.2, 0) is 29.6 Å². The number of piperazine rings is 1. The monoisotopic (exact) mass is 1030 g/mol. The van der Waals surface area contributed by atoms with E-state index in [4.69, 9.17) is 14.8 Å². The van der Waals surface area contributed by atoms with Crippen molar-refractivity contribution in [3.63, 3.8) is 0 Å². The molecule has 0 radical (unpaired) electrons. The van der Waals surface area contributed by atoms with E-state index in [1.54, 1.807) is 0 Å². The molecule has 3 fully saturated rings. The molecule has 2 saturated heterocycles. The molecule has 1 saturated carbocycles. The Morgan fingerprint density at radius 2 is 1.65 bits per heavy atom. The SMILES string of the molecule is Cc1c(O[C@H]2CC[C@H](CCCCN3[C@H](C)CN(c4ccc5c(C6CCC(=O)NC6=O)nn(C)c5c4)C[C@@H]3C)CC2)cccc1-c1ccc(N2CCc3cccc(C(=O)Nc4nc5ccccc5s4)c3C2)nc1C(=O)O. The molecule has 6 heterocycles. The largest absolute Gasteiger partial charge is 0.490 e. The Balaban J connectivity index is 0.661. The second kappa shape index (κ2) is 21.2. The number of ether oxygens (including phenoxy) is 1. The van der Waals surface area contributed by atoms with Crippen molar-refractivity contribution in [1.82, 2.24) is 30.0 Å². The summed E-state index contributed by atoms with van der Waals surface area (Å²) in [6.07, 6.45) is 9.47. The number of hydrogen-bond acceptors (Lipinski definition) is 12. The molecule has 75 heavy (non-hydrogen) atoms. The first-order valence-corrected chi connectivity index (χ1v) is 27.5. The fourth-order valence-electron chi connectivity index (χ4n) is 12.3. The summed E-state index contributed by atoms with van der Waals surface area (Å²) in [5.74, 6) is -0.203.